The Morgan fingerprint density at radius 2 is 1.81 bits per heavy atom. The first-order valence-corrected chi connectivity index (χ1v) is 7.00. The van der Waals surface area contributed by atoms with Crippen LogP contribution in [0.5, 0.6) is 17.8 Å². The van der Waals surface area contributed by atoms with Crippen LogP contribution in [0.25, 0.3) is 0 Å². The topological polar surface area (TPSA) is 69.2 Å². The van der Waals surface area contributed by atoms with Gasteiger partial charge in [-0.05, 0) is 44.9 Å². The van der Waals surface area contributed by atoms with Crippen LogP contribution in [0, 0.1) is 13.8 Å². The van der Waals surface area contributed by atoms with Crippen LogP contribution in [0.2, 0.25) is 0 Å². The van der Waals surface area contributed by atoms with Gasteiger partial charge in [-0.1, -0.05) is 12.1 Å². The van der Waals surface area contributed by atoms with Gasteiger partial charge in [0.2, 0.25) is 5.95 Å². The van der Waals surface area contributed by atoms with Crippen LogP contribution in [0.3, 0.4) is 0 Å². The lowest BCUT2D eigenvalue weighted by atomic mass is 10.1. The molecule has 0 spiro atoms. The Morgan fingerprint density at radius 3 is 2.52 bits per heavy atom. The minimum atomic E-state index is 0.220. The monoisotopic (exact) mass is 288 g/mol. The van der Waals surface area contributed by atoms with Gasteiger partial charge in [0, 0.05) is 6.54 Å². The lowest BCUT2D eigenvalue weighted by molar-refractivity contribution is 0.303. The lowest BCUT2D eigenvalue weighted by Gasteiger charge is -2.10. The van der Waals surface area contributed by atoms with Gasteiger partial charge in [-0.25, -0.2) is 0 Å². The molecule has 0 unspecified atom stereocenters. The molecule has 2 aromatic rings. The van der Waals surface area contributed by atoms with Gasteiger partial charge < -0.3 is 14.8 Å². The van der Waals surface area contributed by atoms with Crippen molar-refractivity contribution in [3.63, 3.8) is 0 Å². The molecule has 0 fully saturated rings. The van der Waals surface area contributed by atoms with Gasteiger partial charge in [-0.15, -0.1) is 4.98 Å². The summed E-state index contributed by atoms with van der Waals surface area (Å²) in [6.45, 7) is 9.02. The Balaban J connectivity index is 2.31. The fourth-order valence-electron chi connectivity index (χ4n) is 1.73. The SMILES string of the molecule is CCNc1nc(OCC)nc(Oc2cc(C)ccc2C)n1. The largest absolute Gasteiger partial charge is 0.464 e. The van der Waals surface area contributed by atoms with E-state index in [-0.39, 0.29) is 12.0 Å². The third-order valence-electron chi connectivity index (χ3n) is 2.75. The molecule has 0 aliphatic rings. The van der Waals surface area contributed by atoms with Crippen molar-refractivity contribution in [3.8, 4) is 17.8 Å². The summed E-state index contributed by atoms with van der Waals surface area (Å²) in [7, 11) is 0. The number of ether oxygens (including phenoxy) is 2. The van der Waals surface area contributed by atoms with Crippen LogP contribution in [0.1, 0.15) is 25.0 Å². The second-order valence-corrected chi connectivity index (χ2v) is 4.56. The van der Waals surface area contributed by atoms with Crippen LogP contribution >= 0.6 is 0 Å². The highest BCUT2D eigenvalue weighted by atomic mass is 16.5. The van der Waals surface area contributed by atoms with E-state index in [1.807, 2.05) is 45.9 Å². The molecular formula is C15H20N4O2. The molecule has 0 saturated heterocycles. The minimum Gasteiger partial charge on any atom is -0.464 e. The van der Waals surface area contributed by atoms with Crippen molar-refractivity contribution in [3.05, 3.63) is 29.3 Å². The summed E-state index contributed by atoms with van der Waals surface area (Å²) in [6, 6.07) is 6.46. The van der Waals surface area contributed by atoms with E-state index in [0.717, 1.165) is 16.9 Å². The van der Waals surface area contributed by atoms with E-state index in [9.17, 15) is 0 Å². The smallest absolute Gasteiger partial charge is 0.330 e. The molecule has 1 aromatic heterocycles. The minimum absolute atomic E-state index is 0.220. The molecule has 0 bridgehead atoms. The van der Waals surface area contributed by atoms with Crippen LogP contribution in [0.15, 0.2) is 18.2 Å². The van der Waals surface area contributed by atoms with Crippen LogP contribution in [0.4, 0.5) is 5.95 Å². The molecule has 2 rings (SSSR count). The maximum atomic E-state index is 5.78. The maximum Gasteiger partial charge on any atom is 0.330 e. The predicted octanol–water partition coefficient (Wildman–Crippen LogP) is 3.11. The van der Waals surface area contributed by atoms with Crippen molar-refractivity contribution in [1.29, 1.82) is 0 Å². The zero-order valence-corrected chi connectivity index (χ0v) is 12.8. The highest BCUT2D eigenvalue weighted by molar-refractivity contribution is 5.38. The van der Waals surface area contributed by atoms with Crippen molar-refractivity contribution in [2.24, 2.45) is 0 Å². The molecule has 0 amide bonds. The molecule has 0 aliphatic carbocycles. The van der Waals surface area contributed by atoms with Crippen LogP contribution in [-0.4, -0.2) is 28.1 Å². The third-order valence-corrected chi connectivity index (χ3v) is 2.75. The van der Waals surface area contributed by atoms with E-state index >= 15 is 0 Å². The summed E-state index contributed by atoms with van der Waals surface area (Å²) in [5.74, 6) is 1.17. The molecule has 0 aliphatic heterocycles. The normalized spacial score (nSPS) is 10.3. The van der Waals surface area contributed by atoms with E-state index in [4.69, 9.17) is 9.47 Å². The van der Waals surface area contributed by atoms with Gasteiger partial charge in [-0.3, -0.25) is 0 Å². The molecule has 0 radical (unpaired) electrons. The molecule has 1 N–H and O–H groups in total. The molecule has 112 valence electrons. The van der Waals surface area contributed by atoms with Gasteiger partial charge in [0.05, 0.1) is 6.61 Å². The van der Waals surface area contributed by atoms with E-state index in [0.29, 0.717) is 19.1 Å². The van der Waals surface area contributed by atoms with Crippen molar-refractivity contribution >= 4 is 5.95 Å². The average Bonchev–Trinajstić information content (AvgIpc) is 2.43. The zero-order chi connectivity index (χ0) is 15.2. The Labute approximate surface area is 124 Å². The first-order chi connectivity index (χ1) is 10.1. The third kappa shape index (κ3) is 4.05. The Kier molecular flexibility index (Phi) is 4.92. The molecule has 1 aromatic carbocycles. The van der Waals surface area contributed by atoms with Gasteiger partial charge in [-0.2, -0.15) is 9.97 Å². The van der Waals surface area contributed by atoms with Crippen LogP contribution in [-0.2, 0) is 0 Å². The first-order valence-electron chi connectivity index (χ1n) is 7.00. The van der Waals surface area contributed by atoms with E-state index in [2.05, 4.69) is 20.3 Å². The number of nitrogens with zero attached hydrogens (tertiary/aromatic N) is 3. The van der Waals surface area contributed by atoms with Crippen molar-refractivity contribution in [1.82, 2.24) is 15.0 Å². The summed E-state index contributed by atoms with van der Waals surface area (Å²) >= 11 is 0. The summed E-state index contributed by atoms with van der Waals surface area (Å²) in [6.07, 6.45) is 0. The van der Waals surface area contributed by atoms with Crippen LogP contribution < -0.4 is 14.8 Å². The molecule has 0 atom stereocenters. The quantitative estimate of drug-likeness (QED) is 0.880. The molecule has 1 heterocycles. The highest BCUT2D eigenvalue weighted by Gasteiger charge is 2.10. The summed E-state index contributed by atoms with van der Waals surface area (Å²) in [5, 5.41) is 3.04. The predicted molar refractivity (Wildman–Crippen MR) is 81.1 cm³/mol. The Morgan fingerprint density at radius 1 is 1.05 bits per heavy atom. The fraction of sp³-hybridized carbons (Fsp3) is 0.400. The number of hydrogen-bond acceptors (Lipinski definition) is 6. The average molecular weight is 288 g/mol. The number of aryl methyl sites for hydroxylation is 2. The number of benzene rings is 1. The van der Waals surface area contributed by atoms with Gasteiger partial charge in [0.15, 0.2) is 0 Å². The number of aromatic nitrogens is 3. The molecule has 21 heavy (non-hydrogen) atoms. The van der Waals surface area contributed by atoms with Crippen molar-refractivity contribution < 1.29 is 9.47 Å². The van der Waals surface area contributed by atoms with Gasteiger partial charge in [0.25, 0.3) is 0 Å². The number of hydrogen-bond donors (Lipinski definition) is 1. The van der Waals surface area contributed by atoms with Crippen molar-refractivity contribution in [2.45, 2.75) is 27.7 Å². The summed E-state index contributed by atoms with van der Waals surface area (Å²) < 4.78 is 11.1. The first kappa shape index (κ1) is 15.0. The van der Waals surface area contributed by atoms with Gasteiger partial charge in [0.1, 0.15) is 5.75 Å². The van der Waals surface area contributed by atoms with E-state index in [1.54, 1.807) is 0 Å². The standard InChI is InChI=1S/C15H20N4O2/c1-5-16-13-17-14(20-6-2)19-15(18-13)21-12-9-10(3)7-8-11(12)4/h7-9H,5-6H2,1-4H3,(H,16,17,18,19). The second kappa shape index (κ2) is 6.88. The lowest BCUT2D eigenvalue weighted by Crippen LogP contribution is -2.07. The summed E-state index contributed by atoms with van der Waals surface area (Å²) in [5.41, 5.74) is 2.13. The van der Waals surface area contributed by atoms with E-state index < -0.39 is 0 Å². The van der Waals surface area contributed by atoms with Gasteiger partial charge >= 0.3 is 12.0 Å². The molecule has 0 saturated carbocycles. The van der Waals surface area contributed by atoms with E-state index in [1.165, 1.54) is 0 Å². The maximum absolute atomic E-state index is 5.78. The molecule has 6 nitrogen and oxygen atoms in total. The number of anilines is 1. The van der Waals surface area contributed by atoms with Crippen molar-refractivity contribution in [2.75, 3.05) is 18.5 Å². The number of rotatable bonds is 6. The molecule has 6 heteroatoms. The number of nitrogens with one attached hydrogen (secondary N) is 1. The second-order valence-electron chi connectivity index (χ2n) is 4.56. The summed E-state index contributed by atoms with van der Waals surface area (Å²) in [4.78, 5) is 12.6. The molecular weight excluding hydrogens is 268 g/mol. The Hall–Kier alpha value is -2.37. The fourth-order valence-corrected chi connectivity index (χ4v) is 1.73. The Bertz CT molecular complexity index is 592. The highest BCUT2D eigenvalue weighted by Crippen LogP contribution is 2.25. The zero-order valence-electron chi connectivity index (χ0n) is 12.8.